The van der Waals surface area contributed by atoms with Crippen LogP contribution in [0.2, 0.25) is 0 Å². The van der Waals surface area contributed by atoms with E-state index in [9.17, 15) is 18.0 Å². The lowest BCUT2D eigenvalue weighted by atomic mass is 10.1. The molecule has 0 saturated carbocycles. The average Bonchev–Trinajstić information content (AvgIpc) is 3.34. The van der Waals surface area contributed by atoms with Crippen LogP contribution in [-0.4, -0.2) is 23.9 Å². The molecule has 3 aromatic rings. The quantitative estimate of drug-likeness (QED) is 0.698. The van der Waals surface area contributed by atoms with Crippen molar-refractivity contribution in [3.05, 3.63) is 53.4 Å². The number of halogens is 3. The third-order valence-electron chi connectivity index (χ3n) is 4.08. The van der Waals surface area contributed by atoms with Crippen molar-refractivity contribution >= 4 is 17.2 Å². The van der Waals surface area contributed by atoms with Crippen molar-refractivity contribution in [1.82, 2.24) is 10.3 Å². The van der Waals surface area contributed by atoms with Gasteiger partial charge in [-0.2, -0.15) is 13.2 Å². The lowest BCUT2D eigenvalue weighted by Crippen LogP contribution is -2.36. The molecule has 1 aromatic heterocycles. The summed E-state index contributed by atoms with van der Waals surface area (Å²) in [5.74, 6) is -0.574. The van der Waals surface area contributed by atoms with E-state index < -0.39 is 12.1 Å². The zero-order valence-electron chi connectivity index (χ0n) is 14.2. The van der Waals surface area contributed by atoms with E-state index in [1.54, 1.807) is 24.3 Å². The maximum Gasteiger partial charge on any atom is 0.471 e. The first-order chi connectivity index (χ1) is 13.4. The SMILES string of the molecule is O=C(NCc1ccc(-c2nc(-c3ccc4c(c3)OCO4)cs2)cc1)C(F)(F)F. The second-order valence-corrected chi connectivity index (χ2v) is 6.84. The number of ether oxygens (including phenoxy) is 2. The molecule has 0 spiro atoms. The monoisotopic (exact) mass is 406 g/mol. The Hall–Kier alpha value is -3.07. The van der Waals surface area contributed by atoms with Crippen molar-refractivity contribution in [2.45, 2.75) is 12.7 Å². The standard InChI is InChI=1S/C19H13F3N2O3S/c20-19(21,22)18(25)23-8-11-1-3-12(4-2-11)17-24-14(9-28-17)13-5-6-15-16(7-13)27-10-26-15/h1-7,9H,8,10H2,(H,23,25). The summed E-state index contributed by atoms with van der Waals surface area (Å²) in [6.45, 7) is 0.00974. The number of nitrogens with zero attached hydrogens (tertiary/aromatic N) is 1. The van der Waals surface area contributed by atoms with Crippen molar-refractivity contribution in [3.63, 3.8) is 0 Å². The van der Waals surface area contributed by atoms with Crippen LogP contribution in [0, 0.1) is 0 Å². The number of aromatic nitrogens is 1. The van der Waals surface area contributed by atoms with E-state index in [0.29, 0.717) is 17.1 Å². The van der Waals surface area contributed by atoms with Crippen LogP contribution < -0.4 is 14.8 Å². The molecule has 2 heterocycles. The highest BCUT2D eigenvalue weighted by atomic mass is 32.1. The number of benzene rings is 2. The number of carbonyl (C=O) groups is 1. The fourth-order valence-electron chi connectivity index (χ4n) is 2.64. The fraction of sp³-hybridized carbons (Fsp3) is 0.158. The summed E-state index contributed by atoms with van der Waals surface area (Å²) in [5.41, 5.74) is 3.09. The number of hydrogen-bond acceptors (Lipinski definition) is 5. The normalized spacial score (nSPS) is 12.8. The Labute approximate surface area is 161 Å². The van der Waals surface area contributed by atoms with Gasteiger partial charge < -0.3 is 14.8 Å². The van der Waals surface area contributed by atoms with E-state index >= 15 is 0 Å². The highest BCUT2D eigenvalue weighted by molar-refractivity contribution is 7.13. The molecule has 0 radical (unpaired) electrons. The van der Waals surface area contributed by atoms with Crippen LogP contribution in [0.25, 0.3) is 21.8 Å². The minimum Gasteiger partial charge on any atom is -0.454 e. The van der Waals surface area contributed by atoms with Crippen molar-refractivity contribution in [1.29, 1.82) is 0 Å². The van der Waals surface area contributed by atoms with Crippen LogP contribution in [0.15, 0.2) is 47.8 Å². The van der Waals surface area contributed by atoms with Gasteiger partial charge in [-0.05, 0) is 23.8 Å². The Bertz CT molecular complexity index is 1020. The summed E-state index contributed by atoms with van der Waals surface area (Å²) in [4.78, 5) is 15.5. The second-order valence-electron chi connectivity index (χ2n) is 5.98. The Morgan fingerprint density at radius 2 is 1.79 bits per heavy atom. The number of amides is 1. The van der Waals surface area contributed by atoms with E-state index in [2.05, 4.69) is 4.98 Å². The molecular formula is C19H13F3N2O3S. The van der Waals surface area contributed by atoms with Crippen LogP contribution in [0.1, 0.15) is 5.56 Å². The number of thiazole rings is 1. The van der Waals surface area contributed by atoms with Crippen molar-refractivity contribution in [2.24, 2.45) is 0 Å². The number of rotatable bonds is 4. The second kappa shape index (κ2) is 7.16. The highest BCUT2D eigenvalue weighted by Gasteiger charge is 2.38. The molecule has 0 saturated heterocycles. The minimum absolute atomic E-state index is 0.195. The molecule has 0 aliphatic carbocycles. The van der Waals surface area contributed by atoms with Crippen LogP contribution in [-0.2, 0) is 11.3 Å². The summed E-state index contributed by atoms with van der Waals surface area (Å²) in [7, 11) is 0. The van der Waals surface area contributed by atoms with E-state index in [1.165, 1.54) is 11.3 Å². The predicted octanol–water partition coefficient (Wildman–Crippen LogP) is 4.38. The third kappa shape index (κ3) is 3.79. The van der Waals surface area contributed by atoms with Gasteiger partial charge in [-0.15, -0.1) is 11.3 Å². The van der Waals surface area contributed by atoms with Gasteiger partial charge in [0.25, 0.3) is 0 Å². The van der Waals surface area contributed by atoms with Gasteiger partial charge in [-0.25, -0.2) is 4.98 Å². The molecule has 4 rings (SSSR count). The maximum atomic E-state index is 12.2. The van der Waals surface area contributed by atoms with E-state index in [4.69, 9.17) is 9.47 Å². The summed E-state index contributed by atoms with van der Waals surface area (Å²) in [6, 6.07) is 12.4. The summed E-state index contributed by atoms with van der Waals surface area (Å²) >= 11 is 1.46. The number of carbonyl (C=O) groups excluding carboxylic acids is 1. The van der Waals surface area contributed by atoms with Crippen LogP contribution in [0.5, 0.6) is 11.5 Å². The Morgan fingerprint density at radius 3 is 2.54 bits per heavy atom. The van der Waals surface area contributed by atoms with E-state index in [0.717, 1.165) is 21.8 Å². The molecule has 0 fully saturated rings. The maximum absolute atomic E-state index is 12.2. The van der Waals surface area contributed by atoms with Crippen molar-refractivity contribution in [2.75, 3.05) is 6.79 Å². The third-order valence-corrected chi connectivity index (χ3v) is 4.98. The Balaban J connectivity index is 1.46. The molecule has 28 heavy (non-hydrogen) atoms. The molecule has 0 atom stereocenters. The zero-order chi connectivity index (χ0) is 19.7. The van der Waals surface area contributed by atoms with Gasteiger partial charge in [0.1, 0.15) is 5.01 Å². The highest BCUT2D eigenvalue weighted by Crippen LogP contribution is 2.37. The molecule has 1 amide bonds. The molecule has 1 aliphatic heterocycles. The van der Waals surface area contributed by atoms with Gasteiger partial charge >= 0.3 is 12.1 Å². The van der Waals surface area contributed by atoms with Crippen LogP contribution in [0.4, 0.5) is 13.2 Å². The van der Waals surface area contributed by atoms with E-state index in [-0.39, 0.29) is 13.3 Å². The Kier molecular flexibility index (Phi) is 4.68. The first kappa shape index (κ1) is 18.3. The largest absolute Gasteiger partial charge is 0.471 e. The number of nitrogens with one attached hydrogen (secondary N) is 1. The Morgan fingerprint density at radius 1 is 1.07 bits per heavy atom. The number of hydrogen-bond donors (Lipinski definition) is 1. The molecule has 2 aromatic carbocycles. The fourth-order valence-corrected chi connectivity index (χ4v) is 3.48. The van der Waals surface area contributed by atoms with Crippen LogP contribution >= 0.6 is 11.3 Å². The van der Waals surface area contributed by atoms with Gasteiger partial charge in [0.15, 0.2) is 11.5 Å². The molecular weight excluding hydrogens is 393 g/mol. The average molecular weight is 406 g/mol. The molecule has 0 bridgehead atoms. The molecule has 1 N–H and O–H groups in total. The summed E-state index contributed by atoms with van der Waals surface area (Å²) in [6.07, 6.45) is -4.88. The molecule has 144 valence electrons. The minimum atomic E-state index is -4.88. The smallest absolute Gasteiger partial charge is 0.454 e. The van der Waals surface area contributed by atoms with Crippen molar-refractivity contribution in [3.8, 4) is 33.3 Å². The van der Waals surface area contributed by atoms with Gasteiger partial charge in [-0.3, -0.25) is 4.79 Å². The molecule has 0 unspecified atom stereocenters. The van der Waals surface area contributed by atoms with Gasteiger partial charge in [0, 0.05) is 23.1 Å². The molecule has 9 heteroatoms. The first-order valence-corrected chi connectivity index (χ1v) is 9.08. The molecule has 5 nitrogen and oxygen atoms in total. The van der Waals surface area contributed by atoms with Crippen LogP contribution in [0.3, 0.4) is 0 Å². The first-order valence-electron chi connectivity index (χ1n) is 8.20. The lowest BCUT2D eigenvalue weighted by Gasteiger charge is -2.08. The zero-order valence-corrected chi connectivity index (χ0v) is 15.1. The topological polar surface area (TPSA) is 60.5 Å². The van der Waals surface area contributed by atoms with Gasteiger partial charge in [0.2, 0.25) is 6.79 Å². The summed E-state index contributed by atoms with van der Waals surface area (Å²) in [5, 5.41) is 4.54. The predicted molar refractivity (Wildman–Crippen MR) is 97.0 cm³/mol. The van der Waals surface area contributed by atoms with Gasteiger partial charge in [-0.1, -0.05) is 24.3 Å². The lowest BCUT2D eigenvalue weighted by molar-refractivity contribution is -0.173. The summed E-state index contributed by atoms with van der Waals surface area (Å²) < 4.78 is 47.3. The van der Waals surface area contributed by atoms with Crippen molar-refractivity contribution < 1.29 is 27.4 Å². The number of fused-ring (bicyclic) bond motifs is 1. The molecule has 1 aliphatic rings. The number of alkyl halides is 3. The van der Waals surface area contributed by atoms with Gasteiger partial charge in [0.05, 0.1) is 5.69 Å². The van der Waals surface area contributed by atoms with E-state index in [1.807, 2.05) is 28.9 Å².